The number of carbonyl (C=O) groups is 3. The number of hydrogen-bond donors (Lipinski definition) is 1. The van der Waals surface area contributed by atoms with E-state index in [1.165, 1.54) is 24.9 Å². The molecule has 0 saturated carbocycles. The maximum atomic E-state index is 13.0. The van der Waals surface area contributed by atoms with Crippen LogP contribution in [0.25, 0.3) is 6.08 Å². The maximum absolute atomic E-state index is 13.0. The van der Waals surface area contributed by atoms with Gasteiger partial charge in [-0.3, -0.25) is 19.3 Å². The van der Waals surface area contributed by atoms with Gasteiger partial charge in [-0.15, -0.1) is 0 Å². The van der Waals surface area contributed by atoms with E-state index < -0.39 is 35.3 Å². The first-order valence-electron chi connectivity index (χ1n) is 10.4. The van der Waals surface area contributed by atoms with Gasteiger partial charge in [0.1, 0.15) is 18.1 Å². The van der Waals surface area contributed by atoms with E-state index in [0.29, 0.717) is 38.6 Å². The predicted octanol–water partition coefficient (Wildman–Crippen LogP) is 6.79. The number of nitrogens with one attached hydrogen (secondary N) is 1. The third kappa shape index (κ3) is 6.51. The summed E-state index contributed by atoms with van der Waals surface area (Å²) in [6.45, 7) is -0.697. The number of methoxy groups -OCH3 is 1. The van der Waals surface area contributed by atoms with Gasteiger partial charge in [0.15, 0.2) is 5.09 Å². The van der Waals surface area contributed by atoms with Crippen molar-refractivity contribution in [2.75, 3.05) is 19.0 Å². The Morgan fingerprint density at radius 3 is 2.57 bits per heavy atom. The van der Waals surface area contributed by atoms with Gasteiger partial charge in [-0.25, -0.2) is 0 Å². The lowest BCUT2D eigenvalue weighted by molar-refractivity contribution is -0.137. The molecule has 1 N–H and O–H groups in total. The van der Waals surface area contributed by atoms with Crippen LogP contribution in [0.5, 0.6) is 5.75 Å². The predicted molar refractivity (Wildman–Crippen MR) is 134 cm³/mol. The Labute approximate surface area is 222 Å². The second kappa shape index (κ2) is 11.0. The van der Waals surface area contributed by atoms with Crippen molar-refractivity contribution in [2.24, 2.45) is 0 Å². The average molecular weight is 569 g/mol. The van der Waals surface area contributed by atoms with Crippen molar-refractivity contribution in [1.29, 1.82) is 0 Å². The molecule has 1 aliphatic heterocycles. The molecule has 0 bridgehead atoms. The highest BCUT2D eigenvalue weighted by atomic mass is 35.5. The number of halogens is 4. The summed E-state index contributed by atoms with van der Waals surface area (Å²) < 4.78 is 49.8. The summed E-state index contributed by atoms with van der Waals surface area (Å²) in [6, 6.07) is 13.0. The van der Waals surface area contributed by atoms with E-state index in [1.807, 2.05) is 12.1 Å². The molecule has 2 heterocycles. The fraction of sp³-hybridized carbons (Fsp3) is 0.125. The Kier molecular flexibility index (Phi) is 7.90. The lowest BCUT2D eigenvalue weighted by atomic mass is 10.1. The summed E-state index contributed by atoms with van der Waals surface area (Å²) in [5.74, 6) is -1.30. The van der Waals surface area contributed by atoms with Gasteiger partial charge in [-0.05, 0) is 66.4 Å². The van der Waals surface area contributed by atoms with E-state index in [1.54, 1.807) is 24.3 Å². The molecule has 0 atom stereocenters. The van der Waals surface area contributed by atoms with E-state index in [0.717, 1.165) is 17.0 Å². The van der Waals surface area contributed by atoms with E-state index in [9.17, 15) is 27.6 Å². The van der Waals surface area contributed by atoms with Crippen LogP contribution in [0.2, 0.25) is 5.02 Å². The molecule has 13 heteroatoms. The normalized spacial score (nSPS) is 14.9. The quantitative estimate of drug-likeness (QED) is 0.314. The zero-order valence-electron chi connectivity index (χ0n) is 18.8. The van der Waals surface area contributed by atoms with Crippen molar-refractivity contribution in [2.45, 2.75) is 16.2 Å². The molecule has 1 aliphatic rings. The lowest BCUT2D eigenvalue weighted by Crippen LogP contribution is -2.36. The van der Waals surface area contributed by atoms with Crippen LogP contribution in [0.15, 0.2) is 73.9 Å². The molecule has 1 fully saturated rings. The van der Waals surface area contributed by atoms with Crippen molar-refractivity contribution in [3.05, 3.63) is 75.8 Å². The van der Waals surface area contributed by atoms with Crippen LogP contribution in [0, 0.1) is 0 Å². The highest BCUT2D eigenvalue weighted by molar-refractivity contribution is 8.18. The zero-order chi connectivity index (χ0) is 26.7. The summed E-state index contributed by atoms with van der Waals surface area (Å²) in [5.41, 5.74) is -1.24. The van der Waals surface area contributed by atoms with Gasteiger partial charge in [0, 0.05) is 16.0 Å². The molecule has 1 aromatic heterocycles. The minimum atomic E-state index is -4.64. The molecule has 37 heavy (non-hydrogen) atoms. The molecule has 0 aliphatic carbocycles. The monoisotopic (exact) mass is 568 g/mol. The van der Waals surface area contributed by atoms with Crippen LogP contribution >= 0.6 is 35.1 Å². The van der Waals surface area contributed by atoms with Crippen LogP contribution in [-0.4, -0.2) is 35.6 Å². The van der Waals surface area contributed by atoms with Crippen molar-refractivity contribution in [3.8, 4) is 5.75 Å². The molecule has 3 amide bonds. The zero-order valence-corrected chi connectivity index (χ0v) is 21.2. The first-order chi connectivity index (χ1) is 17.5. The SMILES string of the molecule is COc1ccc(C(F)(F)F)cc1NC(=O)CN1C(=O)S/C(=C\c2ccc(Sc3ccc(Cl)cc3)o2)C1=O. The summed E-state index contributed by atoms with van der Waals surface area (Å²) >= 11 is 7.83. The fourth-order valence-electron chi connectivity index (χ4n) is 3.17. The highest BCUT2D eigenvalue weighted by Gasteiger charge is 2.37. The van der Waals surface area contributed by atoms with Crippen LogP contribution in [0.3, 0.4) is 0 Å². The fourth-order valence-corrected chi connectivity index (χ4v) is 4.89. The number of anilines is 1. The largest absolute Gasteiger partial charge is 0.495 e. The number of amides is 3. The molecule has 0 radical (unpaired) electrons. The summed E-state index contributed by atoms with van der Waals surface area (Å²) in [6.07, 6.45) is -3.26. The number of rotatable bonds is 7. The first-order valence-corrected chi connectivity index (χ1v) is 12.4. The number of hydrogen-bond acceptors (Lipinski definition) is 7. The Bertz CT molecular complexity index is 1390. The molecule has 3 aromatic rings. The van der Waals surface area contributed by atoms with E-state index in [2.05, 4.69) is 5.32 Å². The Balaban J connectivity index is 1.43. The number of imide groups is 1. The number of ether oxygens (including phenoxy) is 1. The van der Waals surface area contributed by atoms with Gasteiger partial charge in [0.25, 0.3) is 11.1 Å². The van der Waals surface area contributed by atoms with E-state index >= 15 is 0 Å². The van der Waals surface area contributed by atoms with Crippen molar-refractivity contribution in [1.82, 2.24) is 4.90 Å². The van der Waals surface area contributed by atoms with Gasteiger partial charge in [0.05, 0.1) is 23.3 Å². The molecular weight excluding hydrogens is 553 g/mol. The molecule has 4 rings (SSSR count). The van der Waals surface area contributed by atoms with Crippen LogP contribution in [0.1, 0.15) is 11.3 Å². The van der Waals surface area contributed by atoms with Crippen LogP contribution < -0.4 is 10.1 Å². The Morgan fingerprint density at radius 1 is 1.16 bits per heavy atom. The summed E-state index contributed by atoms with van der Waals surface area (Å²) in [7, 11) is 1.23. The van der Waals surface area contributed by atoms with Crippen molar-refractivity contribution in [3.63, 3.8) is 0 Å². The number of nitrogens with zero attached hydrogens (tertiary/aromatic N) is 1. The molecule has 0 spiro atoms. The smallest absolute Gasteiger partial charge is 0.416 e. The average Bonchev–Trinajstić information content (AvgIpc) is 3.39. The molecule has 7 nitrogen and oxygen atoms in total. The second-order valence-corrected chi connectivity index (χ2v) is 9.95. The first kappa shape index (κ1) is 26.7. The number of furan rings is 1. The molecule has 0 unspecified atom stereocenters. The molecule has 2 aromatic carbocycles. The minimum Gasteiger partial charge on any atom is -0.495 e. The van der Waals surface area contributed by atoms with Gasteiger partial charge >= 0.3 is 6.18 Å². The Morgan fingerprint density at radius 2 is 1.89 bits per heavy atom. The highest BCUT2D eigenvalue weighted by Crippen LogP contribution is 2.36. The summed E-state index contributed by atoms with van der Waals surface area (Å²) in [5, 5.41) is 2.71. The summed E-state index contributed by atoms with van der Waals surface area (Å²) in [4.78, 5) is 39.2. The third-order valence-electron chi connectivity index (χ3n) is 4.88. The van der Waals surface area contributed by atoms with Crippen molar-refractivity contribution >= 4 is 63.9 Å². The van der Waals surface area contributed by atoms with Crippen molar-refractivity contribution < 1.29 is 36.7 Å². The lowest BCUT2D eigenvalue weighted by Gasteiger charge is -2.16. The topological polar surface area (TPSA) is 88.8 Å². The van der Waals surface area contributed by atoms with Gasteiger partial charge in [-0.1, -0.05) is 23.4 Å². The third-order valence-corrected chi connectivity index (χ3v) is 6.97. The second-order valence-electron chi connectivity index (χ2n) is 7.44. The van der Waals surface area contributed by atoms with E-state index in [-0.39, 0.29) is 16.3 Å². The van der Waals surface area contributed by atoms with Crippen LogP contribution in [-0.2, 0) is 15.8 Å². The molecule has 192 valence electrons. The van der Waals surface area contributed by atoms with E-state index in [4.69, 9.17) is 20.8 Å². The van der Waals surface area contributed by atoms with Crippen LogP contribution in [0.4, 0.5) is 23.7 Å². The number of thioether (sulfide) groups is 1. The molecule has 1 saturated heterocycles. The number of carbonyl (C=O) groups excluding carboxylic acids is 3. The number of benzene rings is 2. The molecular formula is C24H16ClF3N2O5S2. The van der Waals surface area contributed by atoms with Gasteiger partial charge in [-0.2, -0.15) is 13.2 Å². The number of alkyl halides is 3. The Hall–Kier alpha value is -3.35. The van der Waals surface area contributed by atoms with Gasteiger partial charge < -0.3 is 14.5 Å². The minimum absolute atomic E-state index is 0.0134. The van der Waals surface area contributed by atoms with Gasteiger partial charge in [0.2, 0.25) is 5.91 Å². The maximum Gasteiger partial charge on any atom is 0.416 e. The standard InChI is InChI=1S/C24H16ClF3N2O5S2/c1-34-18-8-2-13(24(26,27)28)10-17(18)29-20(31)12-30-22(32)19(37-23(30)33)11-15-5-9-21(35-15)36-16-6-3-14(25)4-7-16/h2-11H,12H2,1H3,(H,29,31)/b19-11-.